The highest BCUT2D eigenvalue weighted by Gasteiger charge is 2.25. The smallest absolute Gasteiger partial charge is 0.290 e. The van der Waals surface area contributed by atoms with Crippen molar-refractivity contribution in [3.8, 4) is 11.5 Å². The van der Waals surface area contributed by atoms with Crippen LogP contribution in [0.3, 0.4) is 0 Å². The number of hydrogen-bond donors (Lipinski definition) is 1. The van der Waals surface area contributed by atoms with Gasteiger partial charge in [-0.2, -0.15) is 0 Å². The van der Waals surface area contributed by atoms with E-state index in [1.807, 2.05) is 17.5 Å². The lowest BCUT2D eigenvalue weighted by Crippen LogP contribution is -2.17. The standard InChI is InChI=1S/C17H15NO4S2/c1-21-13-5-4-11(10-15-16(19)18-17(20)24-15)9-14(13)22-7-6-12-3-2-8-23-12/h2-5,8-10H,6-7H2,1H3,(H,18,19,20). The van der Waals surface area contributed by atoms with Crippen molar-refractivity contribution in [2.45, 2.75) is 6.42 Å². The number of ether oxygens (including phenoxy) is 2. The van der Waals surface area contributed by atoms with E-state index >= 15 is 0 Å². The fraction of sp³-hybridized carbons (Fsp3) is 0.176. The van der Waals surface area contributed by atoms with Gasteiger partial charge in [0.1, 0.15) is 0 Å². The molecule has 0 atom stereocenters. The molecule has 1 aliphatic heterocycles. The zero-order valence-corrected chi connectivity index (χ0v) is 14.5. The van der Waals surface area contributed by atoms with Gasteiger partial charge in [-0.1, -0.05) is 12.1 Å². The third-order valence-electron chi connectivity index (χ3n) is 3.31. The molecule has 3 rings (SSSR count). The van der Waals surface area contributed by atoms with Gasteiger partial charge in [0.25, 0.3) is 11.1 Å². The average molecular weight is 361 g/mol. The van der Waals surface area contributed by atoms with Crippen LogP contribution in [0.2, 0.25) is 0 Å². The van der Waals surface area contributed by atoms with Gasteiger partial charge in [-0.05, 0) is 47.0 Å². The predicted octanol–water partition coefficient (Wildman–Crippen LogP) is 3.70. The summed E-state index contributed by atoms with van der Waals surface area (Å²) < 4.78 is 11.1. The minimum atomic E-state index is -0.374. The molecule has 2 heterocycles. The molecule has 0 unspecified atom stereocenters. The number of thiophene rings is 1. The van der Waals surface area contributed by atoms with E-state index in [9.17, 15) is 9.59 Å². The fourth-order valence-electron chi connectivity index (χ4n) is 2.18. The Morgan fingerprint density at radius 3 is 2.75 bits per heavy atom. The molecule has 2 amide bonds. The van der Waals surface area contributed by atoms with Gasteiger partial charge >= 0.3 is 0 Å². The number of methoxy groups -OCH3 is 1. The van der Waals surface area contributed by atoms with Crippen molar-refractivity contribution in [3.63, 3.8) is 0 Å². The van der Waals surface area contributed by atoms with Gasteiger partial charge in [0.05, 0.1) is 18.6 Å². The highest BCUT2D eigenvalue weighted by molar-refractivity contribution is 8.18. The number of carbonyl (C=O) groups is 2. The maximum atomic E-state index is 11.6. The van der Waals surface area contributed by atoms with E-state index in [1.54, 1.807) is 36.7 Å². The zero-order chi connectivity index (χ0) is 16.9. The maximum absolute atomic E-state index is 11.6. The van der Waals surface area contributed by atoms with Gasteiger partial charge in [-0.3, -0.25) is 14.9 Å². The van der Waals surface area contributed by atoms with E-state index < -0.39 is 0 Å². The number of hydrogen-bond acceptors (Lipinski definition) is 6. The molecular formula is C17H15NO4S2. The third-order valence-corrected chi connectivity index (χ3v) is 5.06. The summed E-state index contributed by atoms with van der Waals surface area (Å²) in [6.45, 7) is 0.532. The normalized spacial score (nSPS) is 15.6. The Kier molecular flexibility index (Phi) is 5.22. The number of thioether (sulfide) groups is 1. The van der Waals surface area contributed by atoms with Crippen molar-refractivity contribution >= 4 is 40.3 Å². The van der Waals surface area contributed by atoms with Gasteiger partial charge in [-0.15, -0.1) is 11.3 Å². The van der Waals surface area contributed by atoms with Crippen LogP contribution in [-0.4, -0.2) is 24.9 Å². The highest BCUT2D eigenvalue weighted by Crippen LogP contribution is 2.31. The van der Waals surface area contributed by atoms with E-state index in [0.29, 0.717) is 23.0 Å². The molecule has 1 fully saturated rings. The van der Waals surface area contributed by atoms with Crippen LogP contribution in [0.5, 0.6) is 11.5 Å². The summed E-state index contributed by atoms with van der Waals surface area (Å²) in [7, 11) is 1.58. The Balaban J connectivity index is 1.74. The molecule has 1 aliphatic rings. The van der Waals surface area contributed by atoms with Crippen LogP contribution in [0.15, 0.2) is 40.6 Å². The first-order valence-electron chi connectivity index (χ1n) is 7.24. The molecule has 0 saturated carbocycles. The average Bonchev–Trinajstić information content (AvgIpc) is 3.18. The quantitative estimate of drug-likeness (QED) is 0.795. The Hall–Kier alpha value is -2.25. The second-order valence-corrected chi connectivity index (χ2v) is 6.99. The van der Waals surface area contributed by atoms with Crippen molar-refractivity contribution in [1.29, 1.82) is 0 Å². The van der Waals surface area contributed by atoms with Gasteiger partial charge in [0.2, 0.25) is 0 Å². The van der Waals surface area contributed by atoms with Gasteiger partial charge in [0.15, 0.2) is 11.5 Å². The number of imide groups is 1. The number of nitrogens with one attached hydrogen (secondary N) is 1. The molecule has 0 aliphatic carbocycles. The van der Waals surface area contributed by atoms with E-state index in [4.69, 9.17) is 9.47 Å². The Morgan fingerprint density at radius 1 is 1.21 bits per heavy atom. The van der Waals surface area contributed by atoms with E-state index in [0.717, 1.165) is 23.7 Å². The second kappa shape index (κ2) is 7.55. The van der Waals surface area contributed by atoms with Crippen LogP contribution in [0.1, 0.15) is 10.4 Å². The van der Waals surface area contributed by atoms with Crippen molar-refractivity contribution < 1.29 is 19.1 Å². The van der Waals surface area contributed by atoms with Crippen LogP contribution in [0.4, 0.5) is 4.79 Å². The van der Waals surface area contributed by atoms with Gasteiger partial charge in [0, 0.05) is 11.3 Å². The number of benzene rings is 1. The van der Waals surface area contributed by atoms with Gasteiger partial charge in [-0.25, -0.2) is 0 Å². The SMILES string of the molecule is COc1ccc(C=C2SC(=O)NC2=O)cc1OCCc1cccs1. The summed E-state index contributed by atoms with van der Waals surface area (Å²) >= 11 is 2.58. The van der Waals surface area contributed by atoms with Crippen LogP contribution < -0.4 is 14.8 Å². The second-order valence-electron chi connectivity index (χ2n) is 4.94. The Morgan fingerprint density at radius 2 is 2.08 bits per heavy atom. The van der Waals surface area contributed by atoms with E-state index in [-0.39, 0.29) is 11.1 Å². The van der Waals surface area contributed by atoms with Crippen molar-refractivity contribution in [3.05, 3.63) is 51.1 Å². The molecule has 0 bridgehead atoms. The van der Waals surface area contributed by atoms with Crippen LogP contribution >= 0.6 is 23.1 Å². The molecule has 0 radical (unpaired) electrons. The summed E-state index contributed by atoms with van der Waals surface area (Å²) in [6.07, 6.45) is 2.48. The molecule has 124 valence electrons. The number of amides is 2. The summed E-state index contributed by atoms with van der Waals surface area (Å²) in [4.78, 5) is 24.5. The summed E-state index contributed by atoms with van der Waals surface area (Å²) in [5, 5.41) is 3.92. The number of carbonyl (C=O) groups excluding carboxylic acids is 2. The lowest BCUT2D eigenvalue weighted by atomic mass is 10.2. The third kappa shape index (κ3) is 3.98. The summed E-state index contributed by atoms with van der Waals surface area (Å²) in [5.41, 5.74) is 0.772. The summed E-state index contributed by atoms with van der Waals surface area (Å²) in [5.74, 6) is 0.863. The first kappa shape index (κ1) is 16.6. The number of rotatable bonds is 6. The molecule has 1 N–H and O–H groups in total. The molecule has 0 spiro atoms. The molecule has 5 nitrogen and oxygen atoms in total. The molecule has 1 saturated heterocycles. The zero-order valence-electron chi connectivity index (χ0n) is 12.9. The lowest BCUT2D eigenvalue weighted by molar-refractivity contribution is -0.115. The fourth-order valence-corrected chi connectivity index (χ4v) is 3.56. The van der Waals surface area contributed by atoms with Crippen molar-refractivity contribution in [2.75, 3.05) is 13.7 Å². The minimum Gasteiger partial charge on any atom is -0.493 e. The Bertz CT molecular complexity index is 784. The lowest BCUT2D eigenvalue weighted by Gasteiger charge is -2.11. The van der Waals surface area contributed by atoms with Crippen LogP contribution in [-0.2, 0) is 11.2 Å². The highest BCUT2D eigenvalue weighted by atomic mass is 32.2. The molecule has 24 heavy (non-hydrogen) atoms. The Labute approximate surface area is 147 Å². The molecule has 2 aromatic rings. The molecule has 7 heteroatoms. The summed E-state index contributed by atoms with van der Waals surface area (Å²) in [6, 6.07) is 9.48. The van der Waals surface area contributed by atoms with E-state index in [1.165, 1.54) is 4.88 Å². The molecular weight excluding hydrogens is 346 g/mol. The minimum absolute atomic E-state index is 0.354. The monoisotopic (exact) mass is 361 g/mol. The van der Waals surface area contributed by atoms with Gasteiger partial charge < -0.3 is 9.47 Å². The largest absolute Gasteiger partial charge is 0.493 e. The topological polar surface area (TPSA) is 64.6 Å². The molecule has 1 aromatic heterocycles. The van der Waals surface area contributed by atoms with Crippen molar-refractivity contribution in [1.82, 2.24) is 5.32 Å². The first-order chi connectivity index (χ1) is 11.7. The van der Waals surface area contributed by atoms with E-state index in [2.05, 4.69) is 11.4 Å². The first-order valence-corrected chi connectivity index (χ1v) is 8.93. The van der Waals surface area contributed by atoms with Crippen LogP contribution in [0, 0.1) is 0 Å². The molecule has 1 aromatic carbocycles. The predicted molar refractivity (Wildman–Crippen MR) is 95.6 cm³/mol. The van der Waals surface area contributed by atoms with Crippen LogP contribution in [0.25, 0.3) is 6.08 Å². The maximum Gasteiger partial charge on any atom is 0.290 e. The van der Waals surface area contributed by atoms with Crippen molar-refractivity contribution in [2.24, 2.45) is 0 Å².